The number of carbonyl (C=O) groups is 1. The van der Waals surface area contributed by atoms with E-state index in [0.29, 0.717) is 0 Å². The summed E-state index contributed by atoms with van der Waals surface area (Å²) in [5.74, 6) is 0.549. The number of ether oxygens (including phenoxy) is 1. The predicted molar refractivity (Wildman–Crippen MR) is 108 cm³/mol. The number of carbonyl (C=O) groups excluding carboxylic acids is 1. The average Bonchev–Trinajstić information content (AvgIpc) is 3.16. The number of nitrogens with one attached hydrogen (secondary N) is 2. The molecule has 26 heavy (non-hydrogen) atoms. The summed E-state index contributed by atoms with van der Waals surface area (Å²) in [6.07, 6.45) is 5.54. The quantitative estimate of drug-likeness (QED) is 0.578. The van der Waals surface area contributed by atoms with Gasteiger partial charge >= 0.3 is 0 Å². The van der Waals surface area contributed by atoms with Crippen LogP contribution in [0.3, 0.4) is 0 Å². The SMILES string of the molecule is COc1cccc(NCC(=O)N/N=C\c2ccc(N3CCCCC3)s2)c1. The van der Waals surface area contributed by atoms with Gasteiger partial charge in [-0.1, -0.05) is 6.07 Å². The molecule has 138 valence electrons. The molecule has 1 aliphatic heterocycles. The first-order chi connectivity index (χ1) is 12.7. The second kappa shape index (κ2) is 9.24. The number of piperidine rings is 1. The molecule has 7 heteroatoms. The van der Waals surface area contributed by atoms with Gasteiger partial charge in [-0.2, -0.15) is 5.10 Å². The molecule has 1 saturated heterocycles. The van der Waals surface area contributed by atoms with E-state index in [1.165, 1.54) is 24.3 Å². The molecule has 1 amide bonds. The van der Waals surface area contributed by atoms with Crippen molar-refractivity contribution in [3.63, 3.8) is 0 Å². The van der Waals surface area contributed by atoms with Gasteiger partial charge < -0.3 is 15.0 Å². The maximum Gasteiger partial charge on any atom is 0.259 e. The zero-order chi connectivity index (χ0) is 18.2. The fourth-order valence-corrected chi connectivity index (χ4v) is 3.75. The number of rotatable bonds is 7. The highest BCUT2D eigenvalue weighted by atomic mass is 32.1. The molecule has 2 N–H and O–H groups in total. The van der Waals surface area contributed by atoms with Crippen LogP contribution in [0.1, 0.15) is 24.1 Å². The van der Waals surface area contributed by atoms with Crippen molar-refractivity contribution in [1.29, 1.82) is 0 Å². The third-order valence-corrected chi connectivity index (χ3v) is 5.26. The first-order valence-electron chi connectivity index (χ1n) is 8.79. The lowest BCUT2D eigenvalue weighted by Gasteiger charge is -2.27. The lowest BCUT2D eigenvalue weighted by atomic mass is 10.1. The molecule has 0 radical (unpaired) electrons. The van der Waals surface area contributed by atoms with Crippen molar-refractivity contribution in [2.75, 3.05) is 37.0 Å². The number of methoxy groups -OCH3 is 1. The van der Waals surface area contributed by atoms with Crippen molar-refractivity contribution in [2.45, 2.75) is 19.3 Å². The van der Waals surface area contributed by atoms with Crippen molar-refractivity contribution in [2.24, 2.45) is 5.10 Å². The third-order valence-electron chi connectivity index (χ3n) is 4.18. The second-order valence-electron chi connectivity index (χ2n) is 6.10. The average molecular weight is 372 g/mol. The zero-order valence-corrected chi connectivity index (χ0v) is 15.7. The molecular formula is C19H24N4O2S. The normalized spacial score (nSPS) is 14.4. The van der Waals surface area contributed by atoms with Gasteiger partial charge in [-0.3, -0.25) is 4.79 Å². The maximum absolute atomic E-state index is 11.9. The minimum Gasteiger partial charge on any atom is -0.497 e. The summed E-state index contributed by atoms with van der Waals surface area (Å²) in [7, 11) is 1.61. The molecule has 1 fully saturated rings. The summed E-state index contributed by atoms with van der Waals surface area (Å²) in [6.45, 7) is 2.40. The number of anilines is 2. The van der Waals surface area contributed by atoms with Crippen LogP contribution in [-0.4, -0.2) is 38.9 Å². The monoisotopic (exact) mass is 372 g/mol. The first-order valence-corrected chi connectivity index (χ1v) is 9.61. The molecule has 2 heterocycles. The Labute approximate surface area is 157 Å². The van der Waals surface area contributed by atoms with Gasteiger partial charge in [0.1, 0.15) is 5.75 Å². The Hall–Kier alpha value is -2.54. The molecular weight excluding hydrogens is 348 g/mol. The second-order valence-corrected chi connectivity index (χ2v) is 7.20. The Kier molecular flexibility index (Phi) is 6.49. The number of nitrogens with zero attached hydrogens (tertiary/aromatic N) is 2. The Morgan fingerprint density at radius 2 is 2.12 bits per heavy atom. The topological polar surface area (TPSA) is 66.0 Å². The summed E-state index contributed by atoms with van der Waals surface area (Å²) >= 11 is 1.70. The summed E-state index contributed by atoms with van der Waals surface area (Å²) in [5, 5.41) is 8.37. The summed E-state index contributed by atoms with van der Waals surface area (Å²) < 4.78 is 5.15. The van der Waals surface area contributed by atoms with Gasteiger partial charge in [-0.25, -0.2) is 5.43 Å². The molecule has 1 aliphatic rings. The van der Waals surface area contributed by atoms with E-state index in [1.807, 2.05) is 30.3 Å². The molecule has 1 aromatic carbocycles. The van der Waals surface area contributed by atoms with Crippen LogP contribution < -0.4 is 20.4 Å². The highest BCUT2D eigenvalue weighted by Gasteiger charge is 2.12. The molecule has 3 rings (SSSR count). The number of thiophene rings is 1. The lowest BCUT2D eigenvalue weighted by Crippen LogP contribution is -2.28. The number of hydrogen-bond acceptors (Lipinski definition) is 6. The van der Waals surface area contributed by atoms with Crippen LogP contribution in [0, 0.1) is 0 Å². The fourth-order valence-electron chi connectivity index (χ4n) is 2.82. The van der Waals surface area contributed by atoms with Crippen LogP contribution in [0.2, 0.25) is 0 Å². The molecule has 0 spiro atoms. The molecule has 0 aliphatic carbocycles. The first kappa shape index (κ1) is 18.3. The van der Waals surface area contributed by atoms with E-state index in [9.17, 15) is 4.79 Å². The molecule has 2 aromatic rings. The maximum atomic E-state index is 11.9. The largest absolute Gasteiger partial charge is 0.497 e. The smallest absolute Gasteiger partial charge is 0.259 e. The van der Waals surface area contributed by atoms with E-state index in [2.05, 4.69) is 26.8 Å². The highest BCUT2D eigenvalue weighted by molar-refractivity contribution is 7.17. The van der Waals surface area contributed by atoms with Gasteiger partial charge in [-0.15, -0.1) is 11.3 Å². The highest BCUT2D eigenvalue weighted by Crippen LogP contribution is 2.27. The standard InChI is InChI=1S/C19H24N4O2S/c1-25-16-7-5-6-15(12-16)20-14-18(24)22-21-13-17-8-9-19(26-17)23-10-3-2-4-11-23/h5-9,12-13,20H,2-4,10-11,14H2,1H3,(H,22,24)/b21-13-. The molecule has 0 atom stereocenters. The van der Waals surface area contributed by atoms with Crippen molar-refractivity contribution in [1.82, 2.24) is 5.43 Å². The van der Waals surface area contributed by atoms with Gasteiger partial charge in [0, 0.05) is 29.7 Å². The number of hydrazone groups is 1. The van der Waals surface area contributed by atoms with Crippen molar-refractivity contribution in [3.05, 3.63) is 41.3 Å². The van der Waals surface area contributed by atoms with E-state index < -0.39 is 0 Å². The molecule has 0 bridgehead atoms. The van der Waals surface area contributed by atoms with Crippen LogP contribution >= 0.6 is 11.3 Å². The predicted octanol–water partition coefficient (Wildman–Crippen LogP) is 3.31. The minimum absolute atomic E-state index is 0.147. The van der Waals surface area contributed by atoms with E-state index in [1.54, 1.807) is 24.7 Å². The fraction of sp³-hybridized carbons (Fsp3) is 0.368. The van der Waals surface area contributed by atoms with E-state index in [-0.39, 0.29) is 12.5 Å². The zero-order valence-electron chi connectivity index (χ0n) is 14.9. The third kappa shape index (κ3) is 5.23. The van der Waals surface area contributed by atoms with Crippen LogP contribution in [0.15, 0.2) is 41.5 Å². The Morgan fingerprint density at radius 1 is 1.27 bits per heavy atom. The molecule has 6 nitrogen and oxygen atoms in total. The van der Waals surface area contributed by atoms with Crippen molar-refractivity contribution >= 4 is 34.1 Å². The van der Waals surface area contributed by atoms with E-state index >= 15 is 0 Å². The Balaban J connectivity index is 1.44. The van der Waals surface area contributed by atoms with Crippen molar-refractivity contribution in [3.8, 4) is 5.75 Å². The summed E-state index contributed by atoms with van der Waals surface area (Å²) in [4.78, 5) is 15.3. The van der Waals surface area contributed by atoms with Gasteiger partial charge in [-0.05, 0) is 43.5 Å². The lowest BCUT2D eigenvalue weighted by molar-refractivity contribution is -0.119. The molecule has 1 aromatic heterocycles. The van der Waals surface area contributed by atoms with E-state index in [4.69, 9.17) is 4.74 Å². The number of amides is 1. The van der Waals surface area contributed by atoms with Gasteiger partial charge in [0.15, 0.2) is 0 Å². The molecule has 0 unspecified atom stereocenters. The van der Waals surface area contributed by atoms with Crippen LogP contribution in [0.5, 0.6) is 5.75 Å². The van der Waals surface area contributed by atoms with Crippen LogP contribution in [0.4, 0.5) is 10.7 Å². The molecule has 0 saturated carbocycles. The van der Waals surface area contributed by atoms with Crippen LogP contribution in [-0.2, 0) is 4.79 Å². The van der Waals surface area contributed by atoms with Crippen LogP contribution in [0.25, 0.3) is 0 Å². The number of hydrogen-bond donors (Lipinski definition) is 2. The van der Waals surface area contributed by atoms with Gasteiger partial charge in [0.05, 0.1) is 24.9 Å². The van der Waals surface area contributed by atoms with E-state index in [0.717, 1.165) is 29.4 Å². The summed E-state index contributed by atoms with van der Waals surface area (Å²) in [6, 6.07) is 11.6. The van der Waals surface area contributed by atoms with Gasteiger partial charge in [0.2, 0.25) is 0 Å². The van der Waals surface area contributed by atoms with Crippen molar-refractivity contribution < 1.29 is 9.53 Å². The minimum atomic E-state index is -0.197. The van der Waals surface area contributed by atoms with Gasteiger partial charge in [0.25, 0.3) is 5.91 Å². The Bertz CT molecular complexity index is 754. The summed E-state index contributed by atoms with van der Waals surface area (Å²) in [5.41, 5.74) is 3.38. The number of benzene rings is 1. The Morgan fingerprint density at radius 3 is 2.92 bits per heavy atom.